The maximum absolute atomic E-state index is 12.5. The average molecular weight is 510 g/mol. The number of aromatic nitrogens is 2. The van der Waals surface area contributed by atoms with Gasteiger partial charge in [0.15, 0.2) is 0 Å². The van der Waals surface area contributed by atoms with E-state index < -0.39 is 35.2 Å². The smallest absolute Gasteiger partial charge is 0.330 e. The minimum absolute atomic E-state index is 0.0793. The topological polar surface area (TPSA) is 122 Å². The number of nitrogens with zero attached hydrogens (tertiary/aromatic N) is 4. The molecule has 9 heteroatoms. The average Bonchev–Trinajstić information content (AvgIpc) is 3.35. The van der Waals surface area contributed by atoms with Gasteiger partial charge in [0.25, 0.3) is 5.56 Å². The molecule has 1 aliphatic rings. The van der Waals surface area contributed by atoms with Gasteiger partial charge in [-0.05, 0) is 29.1 Å². The minimum atomic E-state index is -0.975. The molecule has 0 spiro atoms. The normalized spacial score (nSPS) is 19.1. The number of aryl methyl sites for hydroxylation is 1. The molecule has 5 rings (SSSR count). The van der Waals surface area contributed by atoms with Crippen LogP contribution in [0.15, 0.2) is 112 Å². The Morgan fingerprint density at radius 1 is 0.974 bits per heavy atom. The summed E-state index contributed by atoms with van der Waals surface area (Å²) in [5.74, 6) is 0. The number of rotatable bonds is 8. The molecular weight excluding hydrogens is 482 g/mol. The van der Waals surface area contributed by atoms with Crippen molar-refractivity contribution in [3.05, 3.63) is 151 Å². The summed E-state index contributed by atoms with van der Waals surface area (Å²) in [6.07, 6.45) is 0.371. The third-order valence-corrected chi connectivity index (χ3v) is 6.87. The molecule has 38 heavy (non-hydrogen) atoms. The summed E-state index contributed by atoms with van der Waals surface area (Å²) in [7, 11) is 0. The van der Waals surface area contributed by atoms with Gasteiger partial charge in [0.05, 0.1) is 18.8 Å². The van der Waals surface area contributed by atoms with Gasteiger partial charge in [0.1, 0.15) is 11.8 Å². The zero-order valence-electron chi connectivity index (χ0n) is 20.8. The van der Waals surface area contributed by atoms with Crippen LogP contribution in [0.5, 0.6) is 0 Å². The van der Waals surface area contributed by atoms with E-state index in [4.69, 9.17) is 9.47 Å². The number of hydrogen-bond acceptors (Lipinski definition) is 5. The molecule has 9 nitrogen and oxygen atoms in total. The first kappa shape index (κ1) is 25.2. The molecule has 0 saturated carbocycles. The molecule has 0 bridgehead atoms. The fourth-order valence-corrected chi connectivity index (χ4v) is 5.00. The predicted molar refractivity (Wildman–Crippen MR) is 143 cm³/mol. The lowest BCUT2D eigenvalue weighted by Gasteiger charge is -2.37. The maximum Gasteiger partial charge on any atom is 0.330 e. The van der Waals surface area contributed by atoms with E-state index >= 15 is 0 Å². The van der Waals surface area contributed by atoms with E-state index in [0.717, 1.165) is 16.7 Å². The van der Waals surface area contributed by atoms with Crippen molar-refractivity contribution in [2.45, 2.75) is 37.3 Å². The quantitative estimate of drug-likeness (QED) is 0.158. The molecule has 4 aromatic rings. The van der Waals surface area contributed by atoms with Crippen LogP contribution in [0.1, 0.15) is 34.9 Å². The van der Waals surface area contributed by atoms with Crippen molar-refractivity contribution in [2.75, 3.05) is 6.61 Å². The highest BCUT2D eigenvalue weighted by Gasteiger charge is 2.42. The molecule has 3 aromatic carbocycles. The van der Waals surface area contributed by atoms with Crippen LogP contribution in [0.4, 0.5) is 0 Å². The molecular formula is C29H27N5O4. The molecule has 192 valence electrons. The minimum Gasteiger partial charge on any atom is -0.358 e. The molecule has 1 saturated heterocycles. The molecule has 1 fully saturated rings. The van der Waals surface area contributed by atoms with Crippen LogP contribution in [-0.2, 0) is 15.1 Å². The van der Waals surface area contributed by atoms with Crippen LogP contribution < -0.4 is 11.2 Å². The van der Waals surface area contributed by atoms with E-state index in [0.29, 0.717) is 5.56 Å². The van der Waals surface area contributed by atoms with Crippen LogP contribution in [0.25, 0.3) is 10.4 Å². The van der Waals surface area contributed by atoms with Gasteiger partial charge in [-0.15, -0.1) is 0 Å². The first-order valence-corrected chi connectivity index (χ1v) is 12.3. The monoisotopic (exact) mass is 509 g/mol. The zero-order chi connectivity index (χ0) is 26.5. The Bertz CT molecular complexity index is 1450. The summed E-state index contributed by atoms with van der Waals surface area (Å²) in [5.41, 5.74) is 10.4. The molecule has 2 heterocycles. The number of azide groups is 1. The highest BCUT2D eigenvalue weighted by atomic mass is 16.6. The Balaban J connectivity index is 1.54. The third-order valence-electron chi connectivity index (χ3n) is 6.87. The Morgan fingerprint density at radius 2 is 1.50 bits per heavy atom. The van der Waals surface area contributed by atoms with Crippen molar-refractivity contribution in [1.82, 2.24) is 9.55 Å². The number of nitrogens with one attached hydrogen (secondary N) is 1. The van der Waals surface area contributed by atoms with Crippen molar-refractivity contribution < 1.29 is 9.47 Å². The van der Waals surface area contributed by atoms with E-state index in [1.54, 1.807) is 6.92 Å². The second-order valence-electron chi connectivity index (χ2n) is 9.21. The number of benzene rings is 3. The van der Waals surface area contributed by atoms with Crippen molar-refractivity contribution in [3.8, 4) is 0 Å². The fraction of sp³-hybridized carbons (Fsp3) is 0.241. The van der Waals surface area contributed by atoms with E-state index in [1.165, 1.54) is 10.8 Å². The summed E-state index contributed by atoms with van der Waals surface area (Å²) >= 11 is 0. The van der Waals surface area contributed by atoms with Crippen LogP contribution in [0.3, 0.4) is 0 Å². The SMILES string of the molecule is Cc1cn([C@H]2C[C@H](N=[N+]=[N-])[C@@H](COC(c3ccccc3)(c3ccccc3)c3ccccc3)O2)c(=O)[nH]c1=O. The van der Waals surface area contributed by atoms with Crippen LogP contribution in [0.2, 0.25) is 0 Å². The summed E-state index contributed by atoms with van der Waals surface area (Å²) in [4.78, 5) is 29.7. The predicted octanol–water partition coefficient (Wildman–Crippen LogP) is 4.82. The van der Waals surface area contributed by atoms with Gasteiger partial charge in [-0.1, -0.05) is 96.1 Å². The Morgan fingerprint density at radius 3 is 2.00 bits per heavy atom. The molecule has 3 atom stereocenters. The van der Waals surface area contributed by atoms with E-state index in [-0.39, 0.29) is 13.0 Å². The summed E-state index contributed by atoms with van der Waals surface area (Å²) in [6.45, 7) is 1.69. The lowest BCUT2D eigenvalue weighted by molar-refractivity contribution is -0.0796. The summed E-state index contributed by atoms with van der Waals surface area (Å²) < 4.78 is 14.4. The van der Waals surface area contributed by atoms with Gasteiger partial charge in [-0.25, -0.2) is 4.79 Å². The molecule has 0 aliphatic carbocycles. The first-order chi connectivity index (χ1) is 18.5. The van der Waals surface area contributed by atoms with Gasteiger partial charge >= 0.3 is 5.69 Å². The standard InChI is InChI=1S/C29H27N5O4/c1-20-18-34(28(36)31-27(20)35)26-17-24(32-33-30)25(38-26)19-37-29(21-11-5-2-6-12-21,22-13-7-3-8-14-22)23-15-9-4-10-16-23/h2-16,18,24-26H,17,19H2,1H3,(H,31,35,36)/t24-,25+,26+/m0/s1. The van der Waals surface area contributed by atoms with Gasteiger partial charge in [0, 0.05) is 23.1 Å². The third kappa shape index (κ3) is 4.78. The molecule has 0 unspecified atom stereocenters. The van der Waals surface area contributed by atoms with Crippen LogP contribution in [0, 0.1) is 6.92 Å². The lowest BCUT2D eigenvalue weighted by atomic mass is 9.80. The molecule has 0 amide bonds. The van der Waals surface area contributed by atoms with E-state index in [1.807, 2.05) is 91.0 Å². The number of H-pyrrole nitrogens is 1. The van der Waals surface area contributed by atoms with Crippen molar-refractivity contribution in [3.63, 3.8) is 0 Å². The maximum atomic E-state index is 12.5. The highest BCUT2D eigenvalue weighted by Crippen LogP contribution is 2.41. The summed E-state index contributed by atoms with van der Waals surface area (Å²) in [5, 5.41) is 3.96. The molecule has 0 radical (unpaired) electrons. The fourth-order valence-electron chi connectivity index (χ4n) is 5.00. The number of aromatic amines is 1. The second kappa shape index (κ2) is 10.9. The van der Waals surface area contributed by atoms with Gasteiger partial charge < -0.3 is 9.47 Å². The molecule has 1 aromatic heterocycles. The van der Waals surface area contributed by atoms with Crippen LogP contribution >= 0.6 is 0 Å². The van der Waals surface area contributed by atoms with Crippen molar-refractivity contribution in [1.29, 1.82) is 0 Å². The Hall–Kier alpha value is -4.43. The largest absolute Gasteiger partial charge is 0.358 e. The Labute approximate surface area is 218 Å². The van der Waals surface area contributed by atoms with Crippen molar-refractivity contribution >= 4 is 0 Å². The lowest BCUT2D eigenvalue weighted by Crippen LogP contribution is -2.38. The molecule has 1 N–H and O–H groups in total. The van der Waals surface area contributed by atoms with E-state index in [9.17, 15) is 15.1 Å². The van der Waals surface area contributed by atoms with Crippen molar-refractivity contribution in [2.24, 2.45) is 5.11 Å². The first-order valence-electron chi connectivity index (χ1n) is 12.3. The molecule has 1 aliphatic heterocycles. The van der Waals surface area contributed by atoms with Gasteiger partial charge in [-0.2, -0.15) is 0 Å². The second-order valence-corrected chi connectivity index (χ2v) is 9.21. The summed E-state index contributed by atoms with van der Waals surface area (Å²) in [6, 6.07) is 29.2. The van der Waals surface area contributed by atoms with Gasteiger partial charge in [-0.3, -0.25) is 14.3 Å². The Kier molecular flexibility index (Phi) is 7.24. The highest BCUT2D eigenvalue weighted by molar-refractivity contribution is 5.47. The van der Waals surface area contributed by atoms with Crippen LogP contribution in [-0.4, -0.2) is 28.3 Å². The zero-order valence-corrected chi connectivity index (χ0v) is 20.8. The van der Waals surface area contributed by atoms with E-state index in [2.05, 4.69) is 15.0 Å². The number of ether oxygens (including phenoxy) is 2. The number of hydrogen-bond donors (Lipinski definition) is 1. The van der Waals surface area contributed by atoms with Gasteiger partial charge in [0.2, 0.25) is 0 Å².